The van der Waals surface area contributed by atoms with Crippen LogP contribution in [0.1, 0.15) is 43.7 Å². The standard InChI is InChI=1S/C27H36O6/c1-27(19-28)25(29)16-24-26(33-27)23(31-18-21-11-6-3-7-12-21)15-22(32-24)13-8-14-30-17-20-9-4-2-5-10-20/h2-7,9-12,22-26,28-29H,8,13-19H2,1H3/t22-,23+,24-,25+,26+,27-/m1/s1. The third kappa shape index (κ3) is 6.41. The molecular formula is C27H36O6. The van der Waals surface area contributed by atoms with Gasteiger partial charge in [-0.25, -0.2) is 0 Å². The van der Waals surface area contributed by atoms with Gasteiger partial charge in [-0.1, -0.05) is 60.7 Å². The van der Waals surface area contributed by atoms with Crippen molar-refractivity contribution in [2.75, 3.05) is 13.2 Å². The second kappa shape index (κ2) is 11.6. The zero-order valence-corrected chi connectivity index (χ0v) is 19.3. The van der Waals surface area contributed by atoms with Crippen LogP contribution in [0.4, 0.5) is 0 Å². The molecule has 0 radical (unpaired) electrons. The van der Waals surface area contributed by atoms with E-state index in [-0.39, 0.29) is 31.0 Å². The van der Waals surface area contributed by atoms with E-state index in [0.717, 1.165) is 18.4 Å². The number of fused-ring (bicyclic) bond motifs is 1. The molecule has 2 heterocycles. The Balaban J connectivity index is 1.33. The van der Waals surface area contributed by atoms with Crippen LogP contribution < -0.4 is 0 Å². The van der Waals surface area contributed by atoms with Crippen molar-refractivity contribution < 1.29 is 29.2 Å². The van der Waals surface area contributed by atoms with E-state index in [1.807, 2.05) is 48.5 Å². The minimum absolute atomic E-state index is 0.0154. The van der Waals surface area contributed by atoms with Crippen molar-refractivity contribution >= 4 is 0 Å². The Morgan fingerprint density at radius 2 is 1.64 bits per heavy atom. The third-order valence-electron chi connectivity index (χ3n) is 6.71. The minimum atomic E-state index is -1.00. The number of aliphatic hydroxyl groups is 2. The van der Waals surface area contributed by atoms with Crippen molar-refractivity contribution in [3.8, 4) is 0 Å². The summed E-state index contributed by atoms with van der Waals surface area (Å²) in [7, 11) is 0. The smallest absolute Gasteiger partial charge is 0.115 e. The Bertz CT molecular complexity index is 831. The van der Waals surface area contributed by atoms with Crippen LogP contribution in [-0.4, -0.2) is 59.5 Å². The Labute approximate surface area is 196 Å². The van der Waals surface area contributed by atoms with Gasteiger partial charge in [0.05, 0.1) is 44.2 Å². The zero-order valence-electron chi connectivity index (χ0n) is 19.3. The van der Waals surface area contributed by atoms with Gasteiger partial charge in [0.2, 0.25) is 0 Å². The number of ether oxygens (including phenoxy) is 4. The third-order valence-corrected chi connectivity index (χ3v) is 6.71. The van der Waals surface area contributed by atoms with Crippen LogP contribution in [0.5, 0.6) is 0 Å². The molecule has 2 aliphatic rings. The maximum Gasteiger partial charge on any atom is 0.115 e. The first-order valence-electron chi connectivity index (χ1n) is 12.0. The van der Waals surface area contributed by atoms with E-state index in [2.05, 4.69) is 12.1 Å². The van der Waals surface area contributed by atoms with E-state index in [4.69, 9.17) is 18.9 Å². The quantitative estimate of drug-likeness (QED) is 0.532. The molecular weight excluding hydrogens is 420 g/mol. The molecule has 6 atom stereocenters. The van der Waals surface area contributed by atoms with Crippen molar-refractivity contribution in [2.45, 2.75) is 81.9 Å². The molecule has 6 heteroatoms. The summed E-state index contributed by atoms with van der Waals surface area (Å²) >= 11 is 0. The van der Waals surface area contributed by atoms with Crippen molar-refractivity contribution in [3.05, 3.63) is 71.8 Å². The molecule has 2 saturated heterocycles. The SMILES string of the molecule is C[C@]1(CO)O[C@H]2[C@@H](OCc3ccccc3)C[C@@H](CCCOCc3ccccc3)O[C@@H]2C[C@@H]1O. The van der Waals surface area contributed by atoms with Crippen LogP contribution in [0.2, 0.25) is 0 Å². The molecule has 0 unspecified atom stereocenters. The van der Waals surface area contributed by atoms with Gasteiger partial charge in [0.15, 0.2) is 0 Å². The van der Waals surface area contributed by atoms with Crippen LogP contribution in [0.15, 0.2) is 60.7 Å². The highest BCUT2D eigenvalue weighted by Crippen LogP contribution is 2.38. The Morgan fingerprint density at radius 3 is 2.30 bits per heavy atom. The maximum absolute atomic E-state index is 10.6. The molecule has 33 heavy (non-hydrogen) atoms. The Hall–Kier alpha value is -1.80. The van der Waals surface area contributed by atoms with E-state index < -0.39 is 11.7 Å². The van der Waals surface area contributed by atoms with Crippen molar-refractivity contribution in [2.24, 2.45) is 0 Å². The fraction of sp³-hybridized carbons (Fsp3) is 0.556. The predicted octanol–water partition coefficient (Wildman–Crippen LogP) is 3.63. The summed E-state index contributed by atoms with van der Waals surface area (Å²) in [6.07, 6.45) is 1.36. The summed E-state index contributed by atoms with van der Waals surface area (Å²) < 4.78 is 24.7. The average Bonchev–Trinajstić information content (AvgIpc) is 2.85. The molecule has 2 fully saturated rings. The topological polar surface area (TPSA) is 77.4 Å². The second-order valence-corrected chi connectivity index (χ2v) is 9.35. The van der Waals surface area contributed by atoms with Crippen molar-refractivity contribution in [1.82, 2.24) is 0 Å². The van der Waals surface area contributed by atoms with Crippen molar-refractivity contribution in [3.63, 3.8) is 0 Å². The average molecular weight is 457 g/mol. The van der Waals surface area contributed by atoms with E-state index in [1.54, 1.807) is 6.92 Å². The molecule has 0 saturated carbocycles. The lowest BCUT2D eigenvalue weighted by atomic mass is 9.84. The minimum Gasteiger partial charge on any atom is -0.393 e. The molecule has 0 bridgehead atoms. The first-order chi connectivity index (χ1) is 16.1. The molecule has 2 N–H and O–H groups in total. The van der Waals surface area contributed by atoms with E-state index in [0.29, 0.717) is 32.7 Å². The monoisotopic (exact) mass is 456 g/mol. The van der Waals surface area contributed by atoms with E-state index in [1.165, 1.54) is 5.56 Å². The van der Waals surface area contributed by atoms with Gasteiger partial charge in [-0.2, -0.15) is 0 Å². The van der Waals surface area contributed by atoms with Gasteiger partial charge in [-0.15, -0.1) is 0 Å². The molecule has 0 amide bonds. The normalized spacial score (nSPS) is 31.8. The fourth-order valence-electron chi connectivity index (χ4n) is 4.66. The van der Waals surface area contributed by atoms with Gasteiger partial charge in [-0.05, 0) is 30.9 Å². The highest BCUT2D eigenvalue weighted by atomic mass is 16.6. The van der Waals surface area contributed by atoms with Gasteiger partial charge in [0.1, 0.15) is 11.7 Å². The Kier molecular flexibility index (Phi) is 8.52. The molecule has 0 aliphatic carbocycles. The molecule has 0 aromatic heterocycles. The summed E-state index contributed by atoms with van der Waals surface area (Å²) in [5.74, 6) is 0. The van der Waals surface area contributed by atoms with Crippen LogP contribution in [0.3, 0.4) is 0 Å². The first-order valence-corrected chi connectivity index (χ1v) is 12.0. The van der Waals surface area contributed by atoms with Crippen LogP contribution in [-0.2, 0) is 32.2 Å². The number of benzene rings is 2. The molecule has 180 valence electrons. The lowest BCUT2D eigenvalue weighted by molar-refractivity contribution is -0.295. The fourth-order valence-corrected chi connectivity index (χ4v) is 4.66. The zero-order chi connectivity index (χ0) is 23.1. The van der Waals surface area contributed by atoms with Gasteiger partial charge in [0, 0.05) is 19.4 Å². The summed E-state index contributed by atoms with van der Waals surface area (Å²) in [5, 5.41) is 20.4. The van der Waals surface area contributed by atoms with Gasteiger partial charge in [0.25, 0.3) is 0 Å². The highest BCUT2D eigenvalue weighted by molar-refractivity contribution is 5.14. The molecule has 2 aromatic carbocycles. The summed E-state index contributed by atoms with van der Waals surface area (Å²) in [6.45, 7) is 3.27. The van der Waals surface area contributed by atoms with Crippen LogP contribution in [0, 0.1) is 0 Å². The predicted molar refractivity (Wildman–Crippen MR) is 125 cm³/mol. The Morgan fingerprint density at radius 1 is 0.970 bits per heavy atom. The second-order valence-electron chi connectivity index (χ2n) is 9.35. The molecule has 2 aromatic rings. The maximum atomic E-state index is 10.6. The largest absolute Gasteiger partial charge is 0.393 e. The summed E-state index contributed by atoms with van der Waals surface area (Å²) in [4.78, 5) is 0. The number of hydrogen-bond acceptors (Lipinski definition) is 6. The van der Waals surface area contributed by atoms with Gasteiger partial charge >= 0.3 is 0 Å². The molecule has 6 nitrogen and oxygen atoms in total. The van der Waals surface area contributed by atoms with Crippen LogP contribution in [0.25, 0.3) is 0 Å². The lowest BCUT2D eigenvalue weighted by Crippen LogP contribution is -2.63. The molecule has 0 spiro atoms. The highest BCUT2D eigenvalue weighted by Gasteiger charge is 2.51. The van der Waals surface area contributed by atoms with E-state index >= 15 is 0 Å². The first kappa shape index (κ1) is 24.3. The van der Waals surface area contributed by atoms with Gasteiger partial charge in [-0.3, -0.25) is 0 Å². The molecule has 4 rings (SSSR count). The van der Waals surface area contributed by atoms with Crippen LogP contribution >= 0.6 is 0 Å². The summed E-state index contributed by atoms with van der Waals surface area (Å²) in [5.41, 5.74) is 1.27. The molecule has 2 aliphatic heterocycles. The number of hydrogen-bond donors (Lipinski definition) is 2. The lowest BCUT2D eigenvalue weighted by Gasteiger charge is -2.51. The number of aliphatic hydroxyl groups excluding tert-OH is 2. The van der Waals surface area contributed by atoms with Crippen molar-refractivity contribution in [1.29, 1.82) is 0 Å². The number of rotatable bonds is 10. The van der Waals surface area contributed by atoms with Gasteiger partial charge < -0.3 is 29.2 Å². The van der Waals surface area contributed by atoms with E-state index in [9.17, 15) is 10.2 Å². The summed E-state index contributed by atoms with van der Waals surface area (Å²) in [6, 6.07) is 20.2.